The predicted octanol–water partition coefficient (Wildman–Crippen LogP) is 2.48. The van der Waals surface area contributed by atoms with Gasteiger partial charge in [-0.1, -0.05) is 29.8 Å². The molecule has 3 unspecified atom stereocenters. The average molecular weight is 287 g/mol. The van der Waals surface area contributed by atoms with Crippen molar-refractivity contribution in [1.29, 1.82) is 0 Å². The zero-order chi connectivity index (χ0) is 14.1. The molecule has 0 bridgehead atoms. The van der Waals surface area contributed by atoms with Crippen LogP contribution in [0.25, 0.3) is 4.85 Å². The molecular weight excluding hydrogens is 276 g/mol. The van der Waals surface area contributed by atoms with E-state index >= 15 is 0 Å². The molecule has 0 saturated carbocycles. The summed E-state index contributed by atoms with van der Waals surface area (Å²) in [6.45, 7) is 7.43. The van der Waals surface area contributed by atoms with Crippen LogP contribution in [0.15, 0.2) is 30.5 Å². The molecule has 1 aromatic carbocycles. The van der Waals surface area contributed by atoms with Crippen LogP contribution in [0.1, 0.15) is 17.0 Å². The molecule has 100 valence electrons. The molecule has 0 amide bonds. The van der Waals surface area contributed by atoms with E-state index in [9.17, 15) is 4.79 Å². The molecule has 0 aliphatic carbocycles. The summed E-state index contributed by atoms with van der Waals surface area (Å²) in [5.41, 5.74) is 1.70. The summed E-state index contributed by atoms with van der Waals surface area (Å²) in [4.78, 5) is 14.9. The number of aldehydes is 1. The number of nitrogens with zero attached hydrogens (tertiary/aromatic N) is 2. The molecule has 2 aromatic rings. The van der Waals surface area contributed by atoms with Gasteiger partial charge in [-0.2, -0.15) is 5.10 Å². The molecule has 1 aliphatic heterocycles. The smallest absolute Gasteiger partial charge is 0.261 e. The van der Waals surface area contributed by atoms with Gasteiger partial charge in [-0.25, -0.2) is 6.57 Å². The van der Waals surface area contributed by atoms with Gasteiger partial charge in [0.05, 0.1) is 12.1 Å². The summed E-state index contributed by atoms with van der Waals surface area (Å²) in [6, 6.07) is 6.26. The van der Waals surface area contributed by atoms with Crippen molar-refractivity contribution < 1.29 is 4.79 Å². The Morgan fingerprint density at radius 1 is 1.35 bits per heavy atom. The molecule has 5 nitrogen and oxygen atoms in total. The maximum Gasteiger partial charge on any atom is 0.261 e. The number of halogens is 1. The van der Waals surface area contributed by atoms with E-state index < -0.39 is 12.1 Å². The van der Waals surface area contributed by atoms with Crippen molar-refractivity contribution in [3.63, 3.8) is 0 Å². The maximum atomic E-state index is 11.2. The number of carbonyl (C=O) groups is 1. The van der Waals surface area contributed by atoms with Gasteiger partial charge >= 0.3 is 0 Å². The van der Waals surface area contributed by atoms with Crippen LogP contribution in [-0.2, 0) is 4.79 Å². The Hall–Kier alpha value is -2.32. The minimum absolute atomic E-state index is 0.272. The van der Waals surface area contributed by atoms with Crippen LogP contribution in [0, 0.1) is 6.57 Å². The van der Waals surface area contributed by atoms with Crippen molar-refractivity contribution >= 4 is 23.7 Å². The van der Waals surface area contributed by atoms with Gasteiger partial charge in [0.15, 0.2) is 6.04 Å². The zero-order valence-electron chi connectivity index (χ0n) is 10.4. The third-order valence-electron chi connectivity index (χ3n) is 3.56. The average Bonchev–Trinajstić information content (AvgIpc) is 2.94. The van der Waals surface area contributed by atoms with Crippen LogP contribution in [0.3, 0.4) is 0 Å². The van der Waals surface area contributed by atoms with Gasteiger partial charge in [-0.3, -0.25) is 5.10 Å². The SMILES string of the molecule is [C-]#[N+]C1C(C=O)Nc2[nH]ncc2C1c1ccccc1Cl. The number of aromatic amines is 1. The van der Waals surface area contributed by atoms with Crippen LogP contribution < -0.4 is 5.32 Å². The van der Waals surface area contributed by atoms with Gasteiger partial charge in [-0.15, -0.1) is 0 Å². The Morgan fingerprint density at radius 2 is 2.15 bits per heavy atom. The standard InChI is InChI=1S/C14H11ClN4O/c1-16-13-11(7-20)18-14-9(6-17-19-14)12(13)8-4-2-3-5-10(8)15/h2-7,11-13H,(H2,17,18,19). The number of H-pyrrole nitrogens is 1. The Kier molecular flexibility index (Phi) is 3.17. The lowest BCUT2D eigenvalue weighted by atomic mass is 9.80. The number of rotatable bonds is 2. The molecule has 0 saturated heterocycles. The lowest BCUT2D eigenvalue weighted by Crippen LogP contribution is -2.41. The Labute approximate surface area is 120 Å². The number of aromatic nitrogens is 2. The Balaban J connectivity index is 2.18. The van der Waals surface area contributed by atoms with E-state index in [1.54, 1.807) is 12.3 Å². The second-order valence-electron chi connectivity index (χ2n) is 4.63. The predicted molar refractivity (Wildman–Crippen MR) is 75.7 cm³/mol. The molecule has 20 heavy (non-hydrogen) atoms. The van der Waals surface area contributed by atoms with Crippen LogP contribution in [0.5, 0.6) is 0 Å². The van der Waals surface area contributed by atoms with E-state index in [0.29, 0.717) is 10.8 Å². The first-order valence-corrected chi connectivity index (χ1v) is 6.50. The Bertz CT molecular complexity index is 690. The number of hydrogen-bond acceptors (Lipinski definition) is 3. The summed E-state index contributed by atoms with van der Waals surface area (Å²) in [5.74, 6) is 0.401. The molecule has 3 atom stereocenters. The van der Waals surface area contributed by atoms with E-state index in [-0.39, 0.29) is 5.92 Å². The fourth-order valence-electron chi connectivity index (χ4n) is 2.64. The van der Waals surface area contributed by atoms with Crippen molar-refractivity contribution in [3.05, 3.63) is 58.0 Å². The Morgan fingerprint density at radius 3 is 2.85 bits per heavy atom. The summed E-state index contributed by atoms with van der Waals surface area (Å²) >= 11 is 6.26. The molecule has 0 radical (unpaired) electrons. The second-order valence-corrected chi connectivity index (χ2v) is 5.03. The quantitative estimate of drug-likeness (QED) is 0.658. The first-order valence-electron chi connectivity index (χ1n) is 6.12. The van der Waals surface area contributed by atoms with Crippen molar-refractivity contribution in [2.45, 2.75) is 18.0 Å². The van der Waals surface area contributed by atoms with Crippen LogP contribution in [0.2, 0.25) is 5.02 Å². The number of carbonyl (C=O) groups excluding carboxylic acids is 1. The minimum atomic E-state index is -0.582. The zero-order valence-corrected chi connectivity index (χ0v) is 11.1. The summed E-state index contributed by atoms with van der Waals surface area (Å²) in [7, 11) is 0. The molecule has 0 spiro atoms. The number of nitrogens with one attached hydrogen (secondary N) is 2. The molecule has 2 heterocycles. The first-order chi connectivity index (χ1) is 9.76. The molecule has 6 heteroatoms. The molecule has 3 rings (SSSR count). The minimum Gasteiger partial charge on any atom is -0.354 e. The van der Waals surface area contributed by atoms with E-state index in [1.807, 2.05) is 18.2 Å². The third kappa shape index (κ3) is 1.86. The maximum absolute atomic E-state index is 11.2. The van der Waals surface area contributed by atoms with Gasteiger partial charge in [0.2, 0.25) is 0 Å². The van der Waals surface area contributed by atoms with Crippen LogP contribution >= 0.6 is 11.6 Å². The number of benzene rings is 1. The largest absolute Gasteiger partial charge is 0.354 e. The topological polar surface area (TPSA) is 62.1 Å². The highest BCUT2D eigenvalue weighted by molar-refractivity contribution is 6.31. The highest BCUT2D eigenvalue weighted by Crippen LogP contribution is 2.41. The van der Waals surface area contributed by atoms with Crippen LogP contribution in [-0.4, -0.2) is 28.6 Å². The van der Waals surface area contributed by atoms with Crippen molar-refractivity contribution in [3.8, 4) is 0 Å². The summed E-state index contributed by atoms with van der Waals surface area (Å²) in [5, 5.41) is 10.4. The van der Waals surface area contributed by atoms with E-state index in [1.165, 1.54) is 0 Å². The molecule has 0 fully saturated rings. The first kappa shape index (κ1) is 12.7. The molecule has 1 aliphatic rings. The van der Waals surface area contributed by atoms with E-state index in [2.05, 4.69) is 20.4 Å². The van der Waals surface area contributed by atoms with Crippen molar-refractivity contribution in [2.75, 3.05) is 5.32 Å². The summed E-state index contributed by atoms with van der Waals surface area (Å²) < 4.78 is 0. The lowest BCUT2D eigenvalue weighted by Gasteiger charge is -2.29. The third-order valence-corrected chi connectivity index (χ3v) is 3.90. The van der Waals surface area contributed by atoms with Gasteiger partial charge in [0, 0.05) is 10.6 Å². The lowest BCUT2D eigenvalue weighted by molar-refractivity contribution is -0.108. The van der Waals surface area contributed by atoms with E-state index in [0.717, 1.165) is 17.4 Å². The number of hydrogen-bond donors (Lipinski definition) is 2. The van der Waals surface area contributed by atoms with Crippen molar-refractivity contribution in [1.82, 2.24) is 10.2 Å². The van der Waals surface area contributed by atoms with Gasteiger partial charge in [-0.05, 0) is 11.6 Å². The summed E-state index contributed by atoms with van der Waals surface area (Å²) in [6.07, 6.45) is 2.44. The van der Waals surface area contributed by atoms with Gasteiger partial charge in [0.1, 0.15) is 12.1 Å². The normalized spacial score (nSPS) is 24.3. The monoisotopic (exact) mass is 286 g/mol. The second kappa shape index (κ2) is 4.99. The fraction of sp³-hybridized carbons (Fsp3) is 0.214. The highest BCUT2D eigenvalue weighted by atomic mass is 35.5. The molecule has 1 aromatic heterocycles. The highest BCUT2D eigenvalue weighted by Gasteiger charge is 2.44. The number of fused-ring (bicyclic) bond motifs is 1. The molecule has 2 N–H and O–H groups in total. The van der Waals surface area contributed by atoms with Crippen molar-refractivity contribution in [2.24, 2.45) is 0 Å². The van der Waals surface area contributed by atoms with Gasteiger partial charge in [0.25, 0.3) is 6.04 Å². The van der Waals surface area contributed by atoms with Crippen LogP contribution in [0.4, 0.5) is 5.82 Å². The fourth-order valence-corrected chi connectivity index (χ4v) is 2.89. The van der Waals surface area contributed by atoms with E-state index in [4.69, 9.17) is 18.2 Å². The molecular formula is C14H11ClN4O. The number of anilines is 1. The van der Waals surface area contributed by atoms with Gasteiger partial charge < -0.3 is 15.0 Å².